The Morgan fingerprint density at radius 3 is 2.70 bits per heavy atom. The molecule has 0 unspecified atom stereocenters. The van der Waals surface area contributed by atoms with Gasteiger partial charge < -0.3 is 19.9 Å². The van der Waals surface area contributed by atoms with Gasteiger partial charge in [-0.1, -0.05) is 6.07 Å². The highest BCUT2D eigenvalue weighted by Crippen LogP contribution is 2.38. The van der Waals surface area contributed by atoms with E-state index in [2.05, 4.69) is 5.32 Å². The quantitative estimate of drug-likeness (QED) is 0.722. The molecule has 1 aliphatic rings. The van der Waals surface area contributed by atoms with Crippen LogP contribution in [0, 0.1) is 0 Å². The van der Waals surface area contributed by atoms with Gasteiger partial charge in [-0.15, -0.1) is 0 Å². The van der Waals surface area contributed by atoms with E-state index >= 15 is 0 Å². The SMILES string of the molecule is COc1ccc(-c2nn(-c3cccc(C(=O)O)c3)c3c2CCN3)cc1OC. The van der Waals surface area contributed by atoms with Crippen molar-refractivity contribution in [1.82, 2.24) is 9.78 Å². The summed E-state index contributed by atoms with van der Waals surface area (Å²) in [6, 6.07) is 12.5. The molecule has 4 rings (SSSR count). The number of rotatable bonds is 5. The standard InChI is InChI=1S/C20H19N3O4/c1-26-16-7-6-12(11-17(16)27-2)18-15-8-9-21-19(15)23(22-18)14-5-3-4-13(10-14)20(24)25/h3-7,10-11,21H,8-9H2,1-2H3,(H,24,25). The van der Waals surface area contributed by atoms with E-state index in [0.717, 1.165) is 35.6 Å². The Morgan fingerprint density at radius 2 is 1.96 bits per heavy atom. The molecule has 7 heteroatoms. The van der Waals surface area contributed by atoms with Crippen LogP contribution < -0.4 is 14.8 Å². The van der Waals surface area contributed by atoms with Crippen LogP contribution in [-0.2, 0) is 6.42 Å². The molecule has 138 valence electrons. The van der Waals surface area contributed by atoms with Gasteiger partial charge in [-0.25, -0.2) is 9.48 Å². The number of fused-ring (bicyclic) bond motifs is 1. The summed E-state index contributed by atoms with van der Waals surface area (Å²) in [4.78, 5) is 11.3. The smallest absolute Gasteiger partial charge is 0.335 e. The van der Waals surface area contributed by atoms with Crippen LogP contribution in [-0.4, -0.2) is 41.6 Å². The van der Waals surface area contributed by atoms with Gasteiger partial charge in [0.25, 0.3) is 0 Å². The Kier molecular flexibility index (Phi) is 4.19. The number of hydrogen-bond acceptors (Lipinski definition) is 5. The van der Waals surface area contributed by atoms with Crippen LogP contribution in [0.2, 0.25) is 0 Å². The maximum absolute atomic E-state index is 11.3. The summed E-state index contributed by atoms with van der Waals surface area (Å²) in [6.45, 7) is 0.812. The molecule has 0 saturated heterocycles. The monoisotopic (exact) mass is 365 g/mol. The number of anilines is 1. The van der Waals surface area contributed by atoms with Crippen molar-refractivity contribution >= 4 is 11.8 Å². The third-order valence-corrected chi connectivity index (χ3v) is 4.65. The molecule has 0 amide bonds. The molecule has 3 aromatic rings. The Balaban J connectivity index is 1.84. The van der Waals surface area contributed by atoms with E-state index in [-0.39, 0.29) is 5.56 Å². The maximum Gasteiger partial charge on any atom is 0.335 e. The van der Waals surface area contributed by atoms with Crippen LogP contribution in [0.25, 0.3) is 16.9 Å². The number of carboxylic acid groups (broad SMARTS) is 1. The molecule has 7 nitrogen and oxygen atoms in total. The Labute approximate surface area is 156 Å². The van der Waals surface area contributed by atoms with E-state index in [4.69, 9.17) is 14.6 Å². The van der Waals surface area contributed by atoms with Gasteiger partial charge in [0.05, 0.1) is 31.2 Å². The molecule has 0 atom stereocenters. The lowest BCUT2D eigenvalue weighted by Gasteiger charge is -2.09. The molecule has 0 spiro atoms. The number of aromatic nitrogens is 2. The number of aromatic carboxylic acids is 1. The van der Waals surface area contributed by atoms with E-state index in [9.17, 15) is 9.90 Å². The lowest BCUT2D eigenvalue weighted by atomic mass is 10.1. The molecular weight excluding hydrogens is 346 g/mol. The van der Waals surface area contributed by atoms with E-state index in [1.54, 1.807) is 37.1 Å². The topological polar surface area (TPSA) is 85.6 Å². The molecule has 0 aliphatic carbocycles. The fourth-order valence-electron chi connectivity index (χ4n) is 3.35. The zero-order valence-electron chi connectivity index (χ0n) is 15.0. The minimum absolute atomic E-state index is 0.224. The largest absolute Gasteiger partial charge is 0.493 e. The van der Waals surface area contributed by atoms with Crippen LogP contribution in [0.1, 0.15) is 15.9 Å². The first-order chi connectivity index (χ1) is 13.1. The number of carboxylic acids is 1. The molecule has 0 saturated carbocycles. The van der Waals surface area contributed by atoms with Crippen LogP contribution in [0.5, 0.6) is 11.5 Å². The van der Waals surface area contributed by atoms with E-state index in [0.29, 0.717) is 17.2 Å². The predicted octanol–water partition coefficient (Wildman–Crippen LogP) is 3.22. The van der Waals surface area contributed by atoms with Crippen molar-refractivity contribution in [2.24, 2.45) is 0 Å². The fraction of sp³-hybridized carbons (Fsp3) is 0.200. The molecule has 0 bridgehead atoms. The number of carbonyl (C=O) groups is 1. The third kappa shape index (κ3) is 2.87. The van der Waals surface area contributed by atoms with Gasteiger partial charge in [-0.05, 0) is 42.8 Å². The Bertz CT molecular complexity index is 1030. The highest BCUT2D eigenvalue weighted by molar-refractivity contribution is 5.88. The molecule has 0 radical (unpaired) electrons. The van der Waals surface area contributed by atoms with Crippen LogP contribution >= 0.6 is 0 Å². The second-order valence-electron chi connectivity index (χ2n) is 6.19. The molecule has 2 aromatic carbocycles. The minimum atomic E-state index is -0.964. The molecule has 2 heterocycles. The van der Waals surface area contributed by atoms with Crippen LogP contribution in [0.3, 0.4) is 0 Å². The van der Waals surface area contributed by atoms with Crippen molar-refractivity contribution in [1.29, 1.82) is 0 Å². The average molecular weight is 365 g/mol. The minimum Gasteiger partial charge on any atom is -0.493 e. The van der Waals surface area contributed by atoms with Gasteiger partial charge in [-0.2, -0.15) is 5.10 Å². The van der Waals surface area contributed by atoms with Gasteiger partial charge in [-0.3, -0.25) is 0 Å². The molecule has 1 aromatic heterocycles. The molecule has 1 aliphatic heterocycles. The summed E-state index contributed by atoms with van der Waals surface area (Å²) in [5, 5.41) is 17.4. The summed E-state index contributed by atoms with van der Waals surface area (Å²) in [5.41, 5.74) is 3.79. The van der Waals surface area contributed by atoms with Crippen molar-refractivity contribution in [3.8, 4) is 28.4 Å². The Hall–Kier alpha value is -3.48. The average Bonchev–Trinajstić information content (AvgIpc) is 3.30. The highest BCUT2D eigenvalue weighted by atomic mass is 16.5. The summed E-state index contributed by atoms with van der Waals surface area (Å²) in [6.07, 6.45) is 0.845. The first-order valence-electron chi connectivity index (χ1n) is 8.54. The lowest BCUT2D eigenvalue weighted by Crippen LogP contribution is -2.05. The van der Waals surface area contributed by atoms with Crippen molar-refractivity contribution in [2.45, 2.75) is 6.42 Å². The van der Waals surface area contributed by atoms with E-state index < -0.39 is 5.97 Å². The fourth-order valence-corrected chi connectivity index (χ4v) is 3.35. The second-order valence-corrected chi connectivity index (χ2v) is 6.19. The van der Waals surface area contributed by atoms with Crippen LogP contribution in [0.4, 0.5) is 5.82 Å². The predicted molar refractivity (Wildman–Crippen MR) is 101 cm³/mol. The Morgan fingerprint density at radius 1 is 1.15 bits per heavy atom. The number of benzene rings is 2. The first-order valence-corrected chi connectivity index (χ1v) is 8.54. The lowest BCUT2D eigenvalue weighted by molar-refractivity contribution is 0.0697. The van der Waals surface area contributed by atoms with Crippen molar-refractivity contribution in [3.63, 3.8) is 0 Å². The highest BCUT2D eigenvalue weighted by Gasteiger charge is 2.25. The molecule has 2 N–H and O–H groups in total. The summed E-state index contributed by atoms with van der Waals surface area (Å²) < 4.78 is 12.5. The van der Waals surface area contributed by atoms with E-state index in [1.807, 2.05) is 24.3 Å². The van der Waals surface area contributed by atoms with Crippen molar-refractivity contribution < 1.29 is 19.4 Å². The van der Waals surface area contributed by atoms with Crippen LogP contribution in [0.15, 0.2) is 42.5 Å². The molecule has 0 fully saturated rings. The summed E-state index contributed by atoms with van der Waals surface area (Å²) in [5.74, 6) is 1.22. The number of nitrogens with one attached hydrogen (secondary N) is 1. The third-order valence-electron chi connectivity index (χ3n) is 4.65. The maximum atomic E-state index is 11.3. The number of nitrogens with zero attached hydrogens (tertiary/aromatic N) is 2. The summed E-state index contributed by atoms with van der Waals surface area (Å²) >= 11 is 0. The molecular formula is C20H19N3O4. The van der Waals surface area contributed by atoms with E-state index in [1.165, 1.54) is 0 Å². The number of methoxy groups -OCH3 is 2. The van der Waals surface area contributed by atoms with Gasteiger partial charge in [0, 0.05) is 17.7 Å². The zero-order valence-corrected chi connectivity index (χ0v) is 15.0. The van der Waals surface area contributed by atoms with Gasteiger partial charge in [0.1, 0.15) is 5.82 Å². The van der Waals surface area contributed by atoms with Crippen molar-refractivity contribution in [2.75, 3.05) is 26.1 Å². The van der Waals surface area contributed by atoms with Gasteiger partial charge in [0.2, 0.25) is 0 Å². The number of ether oxygens (including phenoxy) is 2. The zero-order chi connectivity index (χ0) is 19.0. The van der Waals surface area contributed by atoms with Crippen molar-refractivity contribution in [3.05, 3.63) is 53.6 Å². The van der Waals surface area contributed by atoms with Gasteiger partial charge in [0.15, 0.2) is 11.5 Å². The normalized spacial score (nSPS) is 12.4. The first kappa shape index (κ1) is 17.0. The summed E-state index contributed by atoms with van der Waals surface area (Å²) in [7, 11) is 3.20. The molecule has 27 heavy (non-hydrogen) atoms. The second kappa shape index (κ2) is 6.68. The number of hydrogen-bond donors (Lipinski definition) is 2. The van der Waals surface area contributed by atoms with Gasteiger partial charge >= 0.3 is 5.97 Å².